The van der Waals surface area contributed by atoms with Crippen LogP contribution in [0.1, 0.15) is 11.4 Å². The second-order valence-corrected chi connectivity index (χ2v) is 6.20. The number of fused-ring (bicyclic) bond motifs is 1. The van der Waals surface area contributed by atoms with E-state index in [0.717, 1.165) is 16.7 Å². The normalized spacial score (nSPS) is 11.0. The molecular weight excluding hydrogens is 347 g/mol. The summed E-state index contributed by atoms with van der Waals surface area (Å²) in [5.41, 5.74) is 2.78. The van der Waals surface area contributed by atoms with Crippen molar-refractivity contribution in [3.8, 4) is 16.9 Å². The molecule has 2 heterocycles. The minimum absolute atomic E-state index is 0.238. The van der Waals surface area contributed by atoms with Gasteiger partial charge in [-0.05, 0) is 41.8 Å². The number of aryl methyl sites for hydroxylation is 2. The molecule has 0 spiro atoms. The zero-order valence-corrected chi connectivity index (χ0v) is 14.6. The van der Waals surface area contributed by atoms with Crippen molar-refractivity contribution in [2.24, 2.45) is 0 Å². The first-order chi connectivity index (χ1) is 13.1. The van der Waals surface area contributed by atoms with Crippen LogP contribution in [0.25, 0.3) is 22.0 Å². The number of aromatic nitrogens is 4. The van der Waals surface area contributed by atoms with E-state index in [1.54, 1.807) is 31.6 Å². The number of hydrogen-bond donors (Lipinski definition) is 2. The van der Waals surface area contributed by atoms with Crippen molar-refractivity contribution in [3.63, 3.8) is 0 Å². The third-order valence-corrected chi connectivity index (χ3v) is 4.42. The molecule has 2 N–H and O–H groups in total. The molecule has 6 nitrogen and oxygen atoms in total. The Bertz CT molecular complexity index is 1150. The van der Waals surface area contributed by atoms with E-state index >= 15 is 0 Å². The lowest BCUT2D eigenvalue weighted by Crippen LogP contribution is -2.13. The summed E-state index contributed by atoms with van der Waals surface area (Å²) in [6, 6.07) is 10.0. The lowest BCUT2D eigenvalue weighted by Gasteiger charge is -2.09. The fourth-order valence-electron chi connectivity index (χ4n) is 3.06. The number of ether oxygens (including phenoxy) is 1. The Morgan fingerprint density at radius 3 is 2.78 bits per heavy atom. The average molecular weight is 364 g/mol. The number of benzene rings is 2. The van der Waals surface area contributed by atoms with Crippen molar-refractivity contribution in [3.05, 3.63) is 76.4 Å². The van der Waals surface area contributed by atoms with Gasteiger partial charge in [-0.3, -0.25) is 9.89 Å². The standard InChI is InChI=1S/C20H17FN4O2/c1-27-17-9-13(14-10-22-23-11-14)8-16-19(17)24-18(25-20(16)26)6-5-12-3-2-4-15(21)7-12/h2-4,7-11H,5-6H2,1H3,(H,22,23)(H,24,25,26). The van der Waals surface area contributed by atoms with E-state index in [1.807, 2.05) is 12.1 Å². The number of aromatic amines is 2. The molecule has 0 aliphatic rings. The molecule has 2 aromatic heterocycles. The second kappa shape index (κ2) is 7.03. The molecule has 0 aliphatic heterocycles. The summed E-state index contributed by atoms with van der Waals surface area (Å²) in [7, 11) is 1.54. The van der Waals surface area contributed by atoms with Gasteiger partial charge in [0.2, 0.25) is 0 Å². The Balaban J connectivity index is 1.72. The number of H-pyrrole nitrogens is 2. The molecular formula is C20H17FN4O2. The van der Waals surface area contributed by atoms with Gasteiger partial charge in [-0.15, -0.1) is 0 Å². The summed E-state index contributed by atoms with van der Waals surface area (Å²) in [6.45, 7) is 0. The molecule has 0 bridgehead atoms. The fourth-order valence-corrected chi connectivity index (χ4v) is 3.06. The maximum atomic E-state index is 13.3. The highest BCUT2D eigenvalue weighted by Crippen LogP contribution is 2.29. The van der Waals surface area contributed by atoms with Gasteiger partial charge in [-0.25, -0.2) is 9.37 Å². The van der Waals surface area contributed by atoms with E-state index in [9.17, 15) is 9.18 Å². The van der Waals surface area contributed by atoms with Crippen LogP contribution in [0.15, 0.2) is 53.6 Å². The molecule has 27 heavy (non-hydrogen) atoms. The van der Waals surface area contributed by atoms with E-state index in [0.29, 0.717) is 35.3 Å². The van der Waals surface area contributed by atoms with Crippen LogP contribution in [0.5, 0.6) is 5.75 Å². The summed E-state index contributed by atoms with van der Waals surface area (Å²) >= 11 is 0. The summed E-state index contributed by atoms with van der Waals surface area (Å²) < 4.78 is 18.8. The van der Waals surface area contributed by atoms with Crippen LogP contribution in [-0.2, 0) is 12.8 Å². The molecule has 0 fully saturated rings. The van der Waals surface area contributed by atoms with Crippen molar-refractivity contribution in [1.82, 2.24) is 20.2 Å². The first-order valence-electron chi connectivity index (χ1n) is 8.48. The zero-order chi connectivity index (χ0) is 18.8. The van der Waals surface area contributed by atoms with Crippen molar-refractivity contribution >= 4 is 10.9 Å². The number of nitrogens with zero attached hydrogens (tertiary/aromatic N) is 2. The minimum Gasteiger partial charge on any atom is -0.494 e. The largest absolute Gasteiger partial charge is 0.494 e. The molecule has 4 aromatic rings. The van der Waals surface area contributed by atoms with Crippen molar-refractivity contribution < 1.29 is 9.13 Å². The molecule has 4 rings (SSSR count). The second-order valence-electron chi connectivity index (χ2n) is 6.20. The van der Waals surface area contributed by atoms with Crippen molar-refractivity contribution in [2.45, 2.75) is 12.8 Å². The van der Waals surface area contributed by atoms with Gasteiger partial charge in [0, 0.05) is 18.2 Å². The Morgan fingerprint density at radius 2 is 2.04 bits per heavy atom. The summed E-state index contributed by atoms with van der Waals surface area (Å²) in [5.74, 6) is 0.772. The van der Waals surface area contributed by atoms with E-state index in [2.05, 4.69) is 20.2 Å². The molecule has 0 unspecified atom stereocenters. The molecule has 0 saturated heterocycles. The predicted octanol–water partition coefficient (Wildman–Crippen LogP) is 3.25. The Morgan fingerprint density at radius 1 is 1.15 bits per heavy atom. The van der Waals surface area contributed by atoms with Gasteiger partial charge in [0.15, 0.2) is 0 Å². The van der Waals surface area contributed by atoms with Crippen molar-refractivity contribution in [2.75, 3.05) is 7.11 Å². The molecule has 0 amide bonds. The molecule has 136 valence electrons. The van der Waals surface area contributed by atoms with E-state index in [-0.39, 0.29) is 11.4 Å². The third-order valence-electron chi connectivity index (χ3n) is 4.42. The van der Waals surface area contributed by atoms with Gasteiger partial charge < -0.3 is 9.72 Å². The molecule has 7 heteroatoms. The third kappa shape index (κ3) is 3.44. The van der Waals surface area contributed by atoms with Crippen LogP contribution in [0, 0.1) is 5.82 Å². The van der Waals surface area contributed by atoms with Gasteiger partial charge in [0.05, 0.1) is 18.7 Å². The average Bonchev–Trinajstić information content (AvgIpc) is 3.21. The van der Waals surface area contributed by atoms with Crippen LogP contribution >= 0.6 is 0 Å². The lowest BCUT2D eigenvalue weighted by molar-refractivity contribution is 0.419. The Labute approximate surface area is 154 Å². The minimum atomic E-state index is -0.277. The first kappa shape index (κ1) is 17.0. The first-order valence-corrected chi connectivity index (χ1v) is 8.48. The van der Waals surface area contributed by atoms with E-state index in [1.165, 1.54) is 12.1 Å². The van der Waals surface area contributed by atoms with Crippen LogP contribution in [0.2, 0.25) is 0 Å². The molecule has 0 atom stereocenters. The van der Waals surface area contributed by atoms with Crippen LogP contribution < -0.4 is 10.3 Å². The molecule has 0 radical (unpaired) electrons. The fraction of sp³-hybridized carbons (Fsp3) is 0.150. The predicted molar refractivity (Wildman–Crippen MR) is 100 cm³/mol. The van der Waals surface area contributed by atoms with E-state index in [4.69, 9.17) is 4.74 Å². The monoisotopic (exact) mass is 364 g/mol. The smallest absolute Gasteiger partial charge is 0.258 e. The van der Waals surface area contributed by atoms with Gasteiger partial charge in [-0.1, -0.05) is 12.1 Å². The number of hydrogen-bond acceptors (Lipinski definition) is 4. The summed E-state index contributed by atoms with van der Waals surface area (Å²) in [4.78, 5) is 20.0. The quantitative estimate of drug-likeness (QED) is 0.569. The number of nitrogens with one attached hydrogen (secondary N) is 2. The SMILES string of the molecule is COc1cc(-c2cn[nH]c2)cc2c(=O)[nH]c(CCc3cccc(F)c3)nc12. The summed E-state index contributed by atoms with van der Waals surface area (Å²) in [5, 5.41) is 7.14. The molecule has 0 saturated carbocycles. The Kier molecular flexibility index (Phi) is 4.42. The van der Waals surface area contributed by atoms with Gasteiger partial charge in [0.25, 0.3) is 5.56 Å². The summed E-state index contributed by atoms with van der Waals surface area (Å²) in [6.07, 6.45) is 4.48. The molecule has 2 aromatic carbocycles. The maximum Gasteiger partial charge on any atom is 0.258 e. The highest BCUT2D eigenvalue weighted by Gasteiger charge is 2.13. The van der Waals surface area contributed by atoms with Gasteiger partial charge in [-0.2, -0.15) is 5.10 Å². The Hall–Kier alpha value is -3.48. The van der Waals surface area contributed by atoms with Gasteiger partial charge >= 0.3 is 0 Å². The van der Waals surface area contributed by atoms with Crippen LogP contribution in [0.4, 0.5) is 4.39 Å². The van der Waals surface area contributed by atoms with Gasteiger partial charge in [0.1, 0.15) is 22.9 Å². The maximum absolute atomic E-state index is 13.3. The number of methoxy groups -OCH3 is 1. The highest BCUT2D eigenvalue weighted by atomic mass is 19.1. The van der Waals surface area contributed by atoms with E-state index < -0.39 is 0 Å². The highest BCUT2D eigenvalue weighted by molar-refractivity contribution is 5.89. The van der Waals surface area contributed by atoms with Crippen LogP contribution in [0.3, 0.4) is 0 Å². The number of halogens is 1. The molecule has 0 aliphatic carbocycles. The zero-order valence-electron chi connectivity index (χ0n) is 14.6. The lowest BCUT2D eigenvalue weighted by atomic mass is 10.1. The van der Waals surface area contributed by atoms with Crippen LogP contribution in [-0.4, -0.2) is 27.3 Å². The number of rotatable bonds is 5. The van der Waals surface area contributed by atoms with Crippen molar-refractivity contribution in [1.29, 1.82) is 0 Å². The topological polar surface area (TPSA) is 83.7 Å².